The van der Waals surface area contributed by atoms with Gasteiger partial charge in [0.05, 0.1) is 29.5 Å². The van der Waals surface area contributed by atoms with Crippen molar-refractivity contribution in [3.63, 3.8) is 0 Å². The van der Waals surface area contributed by atoms with Crippen LogP contribution in [0.1, 0.15) is 71.7 Å². The number of rotatable bonds is 10. The summed E-state index contributed by atoms with van der Waals surface area (Å²) in [4.78, 5) is 11.7. The Balaban J connectivity index is 1.76. The molecule has 0 saturated heterocycles. The molecule has 35 heavy (non-hydrogen) atoms. The summed E-state index contributed by atoms with van der Waals surface area (Å²) in [5.41, 5.74) is 8.54. The highest BCUT2D eigenvalue weighted by atomic mass is 35.5. The first-order valence-corrected chi connectivity index (χ1v) is 12.9. The van der Waals surface area contributed by atoms with Crippen LogP contribution in [0.2, 0.25) is 5.02 Å². The van der Waals surface area contributed by atoms with Gasteiger partial charge < -0.3 is 10.2 Å². The van der Waals surface area contributed by atoms with Crippen LogP contribution in [0.3, 0.4) is 0 Å². The van der Waals surface area contributed by atoms with Crippen molar-refractivity contribution in [2.24, 2.45) is 0 Å². The number of imidazole rings is 1. The van der Waals surface area contributed by atoms with Crippen LogP contribution in [0.25, 0.3) is 11.0 Å². The molecule has 6 nitrogen and oxygen atoms in total. The molecule has 0 fully saturated rings. The molecule has 2 aromatic heterocycles. The van der Waals surface area contributed by atoms with Crippen LogP contribution < -0.4 is 15.6 Å². The minimum atomic E-state index is -0.0903. The Bertz CT molecular complexity index is 1260. The summed E-state index contributed by atoms with van der Waals surface area (Å²) in [6.45, 7) is 20.3. The van der Waals surface area contributed by atoms with Crippen molar-refractivity contribution in [1.82, 2.24) is 20.0 Å². The molecular formula is C28H37ClN6. The molecule has 3 aromatic rings. The third-order valence-corrected chi connectivity index (χ3v) is 7.61. The lowest BCUT2D eigenvalue weighted by Gasteiger charge is -2.32. The molecule has 2 N–H and O–H groups in total. The van der Waals surface area contributed by atoms with Crippen molar-refractivity contribution >= 4 is 28.3 Å². The van der Waals surface area contributed by atoms with E-state index in [-0.39, 0.29) is 11.0 Å². The number of allylic oxidation sites excluding steroid dienone is 1. The van der Waals surface area contributed by atoms with Gasteiger partial charge in [-0.1, -0.05) is 52.0 Å². The third-order valence-electron chi connectivity index (χ3n) is 7.37. The molecule has 1 unspecified atom stereocenters. The van der Waals surface area contributed by atoms with Gasteiger partial charge in [-0.3, -0.25) is 10.4 Å². The van der Waals surface area contributed by atoms with E-state index in [4.69, 9.17) is 16.6 Å². The lowest BCUT2D eigenvalue weighted by molar-refractivity contribution is 0.412. The summed E-state index contributed by atoms with van der Waals surface area (Å²) in [5.74, 6) is 1.55. The van der Waals surface area contributed by atoms with Crippen molar-refractivity contribution in [3.8, 4) is 0 Å². The second-order valence-electron chi connectivity index (χ2n) is 10.1. The Hall–Kier alpha value is -2.99. The van der Waals surface area contributed by atoms with Crippen LogP contribution in [0, 0.1) is 0 Å². The second kappa shape index (κ2) is 9.57. The van der Waals surface area contributed by atoms with Gasteiger partial charge in [0.1, 0.15) is 11.6 Å². The summed E-state index contributed by atoms with van der Waals surface area (Å²) >= 11 is 6.38. The molecule has 4 rings (SSSR count). The van der Waals surface area contributed by atoms with Crippen LogP contribution in [0.15, 0.2) is 61.3 Å². The Morgan fingerprint density at radius 2 is 1.97 bits per heavy atom. The van der Waals surface area contributed by atoms with E-state index in [1.54, 1.807) is 0 Å². The molecule has 0 radical (unpaired) electrons. The molecule has 1 aromatic carbocycles. The molecule has 0 spiro atoms. The predicted molar refractivity (Wildman–Crippen MR) is 147 cm³/mol. The van der Waals surface area contributed by atoms with Crippen LogP contribution in [-0.4, -0.2) is 20.2 Å². The number of aromatic nitrogens is 3. The molecule has 3 heterocycles. The molecule has 1 aliphatic heterocycles. The second-order valence-corrected chi connectivity index (χ2v) is 10.5. The molecule has 1 aliphatic rings. The van der Waals surface area contributed by atoms with E-state index >= 15 is 0 Å². The minimum absolute atomic E-state index is 0.0864. The fourth-order valence-electron chi connectivity index (χ4n) is 5.15. The van der Waals surface area contributed by atoms with Crippen molar-refractivity contribution in [3.05, 3.63) is 77.7 Å². The SMILES string of the molecule is C=C(Nn1c(CN2C(=C)C(CC)(CCC)c3ccncc32)nc2ccc(Cl)cc21)NC(C)(C)CC. The Morgan fingerprint density at radius 3 is 2.66 bits per heavy atom. The maximum atomic E-state index is 6.38. The number of pyridine rings is 1. The number of fused-ring (bicyclic) bond motifs is 2. The molecule has 0 amide bonds. The Labute approximate surface area is 214 Å². The van der Waals surface area contributed by atoms with Gasteiger partial charge in [0.2, 0.25) is 0 Å². The van der Waals surface area contributed by atoms with E-state index in [2.05, 4.69) is 74.5 Å². The van der Waals surface area contributed by atoms with E-state index in [1.165, 1.54) is 5.56 Å². The van der Waals surface area contributed by atoms with Gasteiger partial charge in [-0.2, -0.15) is 0 Å². The number of nitrogens with one attached hydrogen (secondary N) is 2. The van der Waals surface area contributed by atoms with E-state index in [0.29, 0.717) is 17.4 Å². The van der Waals surface area contributed by atoms with Gasteiger partial charge in [-0.15, -0.1) is 0 Å². The highest BCUT2D eigenvalue weighted by Crippen LogP contribution is 2.52. The number of anilines is 1. The molecule has 7 heteroatoms. The zero-order valence-electron chi connectivity index (χ0n) is 21.6. The smallest absolute Gasteiger partial charge is 0.148 e. The molecular weight excluding hydrogens is 456 g/mol. The number of hydrogen-bond donors (Lipinski definition) is 2. The van der Waals surface area contributed by atoms with E-state index in [1.807, 2.05) is 35.3 Å². The van der Waals surface area contributed by atoms with E-state index in [9.17, 15) is 0 Å². The molecule has 0 aliphatic carbocycles. The van der Waals surface area contributed by atoms with Crippen molar-refractivity contribution in [1.29, 1.82) is 0 Å². The number of halogens is 1. The zero-order chi connectivity index (χ0) is 25.4. The molecule has 1 atom stereocenters. The zero-order valence-corrected chi connectivity index (χ0v) is 22.3. The summed E-state index contributed by atoms with van der Waals surface area (Å²) < 4.78 is 1.98. The van der Waals surface area contributed by atoms with Crippen LogP contribution >= 0.6 is 11.6 Å². The summed E-state index contributed by atoms with van der Waals surface area (Å²) in [6.07, 6.45) is 7.93. The average Bonchev–Trinajstić information content (AvgIpc) is 3.27. The fraction of sp³-hybridized carbons (Fsp3) is 0.429. The number of nitrogens with zero attached hydrogens (tertiary/aromatic N) is 4. The van der Waals surface area contributed by atoms with Crippen LogP contribution in [0.4, 0.5) is 5.69 Å². The maximum Gasteiger partial charge on any atom is 0.148 e. The lowest BCUT2D eigenvalue weighted by atomic mass is 9.74. The van der Waals surface area contributed by atoms with E-state index in [0.717, 1.165) is 53.9 Å². The first-order chi connectivity index (χ1) is 16.7. The molecule has 0 saturated carbocycles. The van der Waals surface area contributed by atoms with Gasteiger partial charge in [-0.05, 0) is 62.9 Å². The summed E-state index contributed by atoms with van der Waals surface area (Å²) in [5, 5.41) is 4.14. The number of benzene rings is 1. The first-order valence-electron chi connectivity index (χ1n) is 12.5. The van der Waals surface area contributed by atoms with Crippen molar-refractivity contribution in [2.75, 3.05) is 10.3 Å². The summed E-state index contributed by atoms with van der Waals surface area (Å²) in [7, 11) is 0. The molecule has 186 valence electrons. The average molecular weight is 493 g/mol. The first kappa shape index (κ1) is 25.1. The van der Waals surface area contributed by atoms with Gasteiger partial charge in [-0.25, -0.2) is 9.66 Å². The standard InChI is InChI=1S/C28H37ClN6/c1-8-14-28(10-3)19(4)34(25-17-30-15-13-22(25)28)18-26-31-23-12-11-21(29)16-24(23)35(26)33-20(5)32-27(6,7)9-2/h11-13,15-17,32-33H,4-5,8-10,14,18H2,1-3,6-7H3. The highest BCUT2D eigenvalue weighted by Gasteiger charge is 2.44. The minimum Gasteiger partial charge on any atom is -0.366 e. The highest BCUT2D eigenvalue weighted by molar-refractivity contribution is 6.31. The topological polar surface area (TPSA) is 58.0 Å². The normalized spacial score (nSPS) is 17.7. The van der Waals surface area contributed by atoms with Gasteiger partial charge in [0.25, 0.3) is 0 Å². The van der Waals surface area contributed by atoms with Gasteiger partial charge >= 0.3 is 0 Å². The maximum absolute atomic E-state index is 6.38. The van der Waals surface area contributed by atoms with Crippen molar-refractivity contribution in [2.45, 2.75) is 77.8 Å². The summed E-state index contributed by atoms with van der Waals surface area (Å²) in [6, 6.07) is 7.91. The van der Waals surface area contributed by atoms with Crippen LogP contribution in [-0.2, 0) is 12.0 Å². The number of hydrogen-bond acceptors (Lipinski definition) is 5. The Kier molecular flexibility index (Phi) is 6.87. The quantitative estimate of drug-likeness (QED) is 0.323. The largest absolute Gasteiger partial charge is 0.366 e. The van der Waals surface area contributed by atoms with Gasteiger partial charge in [0.15, 0.2) is 0 Å². The molecule has 0 bridgehead atoms. The monoisotopic (exact) mass is 492 g/mol. The van der Waals surface area contributed by atoms with Gasteiger partial charge in [0, 0.05) is 27.9 Å². The third kappa shape index (κ3) is 4.52. The Morgan fingerprint density at radius 1 is 1.20 bits per heavy atom. The fourth-order valence-corrected chi connectivity index (χ4v) is 5.32. The van der Waals surface area contributed by atoms with E-state index < -0.39 is 0 Å². The lowest BCUT2D eigenvalue weighted by Crippen LogP contribution is -2.41. The van der Waals surface area contributed by atoms with Crippen LogP contribution in [0.5, 0.6) is 0 Å². The van der Waals surface area contributed by atoms with Crippen molar-refractivity contribution < 1.29 is 0 Å². The predicted octanol–water partition coefficient (Wildman–Crippen LogP) is 6.86.